The van der Waals surface area contributed by atoms with E-state index in [0.717, 1.165) is 24.8 Å². The van der Waals surface area contributed by atoms with Crippen molar-refractivity contribution in [3.8, 4) is 0 Å². The number of benzene rings is 1. The van der Waals surface area contributed by atoms with Crippen molar-refractivity contribution in [2.24, 2.45) is 0 Å². The van der Waals surface area contributed by atoms with E-state index in [2.05, 4.69) is 0 Å². The average Bonchev–Trinajstić information content (AvgIpc) is 3.13. The summed E-state index contributed by atoms with van der Waals surface area (Å²) in [4.78, 5) is 25.1. The molecule has 1 aromatic carbocycles. The number of carbonyl (C=O) groups excluding carboxylic acids is 2. The summed E-state index contributed by atoms with van der Waals surface area (Å²) < 4.78 is 5.33. The van der Waals surface area contributed by atoms with Crippen LogP contribution in [0.25, 0.3) is 0 Å². The second-order valence-corrected chi connectivity index (χ2v) is 6.60. The van der Waals surface area contributed by atoms with Gasteiger partial charge in [0.05, 0.1) is 0 Å². The van der Waals surface area contributed by atoms with Gasteiger partial charge in [0.1, 0.15) is 4.88 Å². The fourth-order valence-corrected chi connectivity index (χ4v) is 3.62. The van der Waals surface area contributed by atoms with Crippen LogP contribution in [-0.4, -0.2) is 17.9 Å². The standard InChI is InChI=1S/C18H18O3S/c1-11-8-9-22-17(11)18(20)21-12(2)16(19)15-7-6-13-4-3-5-14(13)10-15/h6-10,12H,3-5H2,1-2H3/t12-/m1/s1. The summed E-state index contributed by atoms with van der Waals surface area (Å²) in [5, 5.41) is 1.85. The van der Waals surface area contributed by atoms with Crippen molar-refractivity contribution < 1.29 is 14.3 Å². The van der Waals surface area contributed by atoms with E-state index in [1.807, 2.05) is 36.6 Å². The molecule has 1 aliphatic carbocycles. The zero-order valence-corrected chi connectivity index (χ0v) is 13.5. The SMILES string of the molecule is Cc1ccsc1C(=O)O[C@H](C)C(=O)c1ccc2c(c1)CCC2. The Balaban J connectivity index is 1.72. The molecular formula is C18H18O3S. The summed E-state index contributed by atoms with van der Waals surface area (Å²) in [6.45, 7) is 3.50. The van der Waals surface area contributed by atoms with Crippen molar-refractivity contribution in [1.29, 1.82) is 0 Å². The van der Waals surface area contributed by atoms with Gasteiger partial charge in [0.15, 0.2) is 6.10 Å². The molecule has 0 fully saturated rings. The molecule has 1 aromatic heterocycles. The quantitative estimate of drug-likeness (QED) is 0.633. The topological polar surface area (TPSA) is 43.4 Å². The van der Waals surface area contributed by atoms with Crippen LogP contribution in [0.5, 0.6) is 0 Å². The van der Waals surface area contributed by atoms with Crippen LogP contribution >= 0.6 is 11.3 Å². The Hall–Kier alpha value is -1.94. The maximum absolute atomic E-state index is 12.5. The monoisotopic (exact) mass is 314 g/mol. The molecule has 0 radical (unpaired) electrons. The van der Waals surface area contributed by atoms with E-state index < -0.39 is 12.1 Å². The molecule has 0 spiro atoms. The Kier molecular flexibility index (Phi) is 4.12. The molecule has 114 valence electrons. The lowest BCUT2D eigenvalue weighted by Gasteiger charge is -2.13. The van der Waals surface area contributed by atoms with Crippen LogP contribution < -0.4 is 0 Å². The largest absolute Gasteiger partial charge is 0.450 e. The van der Waals surface area contributed by atoms with Crippen LogP contribution in [0.4, 0.5) is 0 Å². The second kappa shape index (κ2) is 6.05. The lowest BCUT2D eigenvalue weighted by Crippen LogP contribution is -2.24. The van der Waals surface area contributed by atoms with Gasteiger partial charge >= 0.3 is 5.97 Å². The normalized spacial score (nSPS) is 14.5. The van der Waals surface area contributed by atoms with Gasteiger partial charge < -0.3 is 4.74 Å². The first kappa shape index (κ1) is 15.0. The number of ether oxygens (including phenoxy) is 1. The number of aryl methyl sites for hydroxylation is 3. The molecule has 0 amide bonds. The lowest BCUT2D eigenvalue weighted by atomic mass is 10.0. The first-order valence-electron chi connectivity index (χ1n) is 7.47. The molecule has 1 aliphatic rings. The van der Waals surface area contributed by atoms with Crippen molar-refractivity contribution in [1.82, 2.24) is 0 Å². The number of ketones is 1. The van der Waals surface area contributed by atoms with Gasteiger partial charge in [-0.25, -0.2) is 4.79 Å². The Labute approximate surface area is 133 Å². The maximum atomic E-state index is 12.5. The highest BCUT2D eigenvalue weighted by atomic mass is 32.1. The molecule has 2 aromatic rings. The maximum Gasteiger partial charge on any atom is 0.349 e. The van der Waals surface area contributed by atoms with E-state index in [9.17, 15) is 9.59 Å². The van der Waals surface area contributed by atoms with Gasteiger partial charge in [0.25, 0.3) is 0 Å². The van der Waals surface area contributed by atoms with Crippen LogP contribution in [0.15, 0.2) is 29.6 Å². The number of carbonyl (C=O) groups is 2. The summed E-state index contributed by atoms with van der Waals surface area (Å²) >= 11 is 1.34. The van der Waals surface area contributed by atoms with Crippen LogP contribution in [0.1, 0.15) is 50.1 Å². The van der Waals surface area contributed by atoms with Crippen molar-refractivity contribution >= 4 is 23.1 Å². The van der Waals surface area contributed by atoms with Gasteiger partial charge in [-0.3, -0.25) is 4.79 Å². The Morgan fingerprint density at radius 3 is 2.68 bits per heavy atom. The van der Waals surface area contributed by atoms with E-state index in [4.69, 9.17) is 4.74 Å². The van der Waals surface area contributed by atoms with Gasteiger partial charge in [-0.2, -0.15) is 0 Å². The number of Topliss-reactive ketones (excluding diaryl/α,β-unsaturated/α-hetero) is 1. The molecule has 0 unspecified atom stereocenters. The molecule has 1 heterocycles. The minimum absolute atomic E-state index is 0.141. The number of fused-ring (bicyclic) bond motifs is 1. The van der Waals surface area contributed by atoms with Crippen molar-refractivity contribution in [3.05, 3.63) is 56.8 Å². The molecule has 0 aliphatic heterocycles. The summed E-state index contributed by atoms with van der Waals surface area (Å²) in [5.74, 6) is -0.563. The Morgan fingerprint density at radius 2 is 1.95 bits per heavy atom. The van der Waals surface area contributed by atoms with Gasteiger partial charge in [0, 0.05) is 5.56 Å². The predicted molar refractivity (Wildman–Crippen MR) is 86.7 cm³/mol. The van der Waals surface area contributed by atoms with Crippen molar-refractivity contribution in [2.75, 3.05) is 0 Å². The first-order chi connectivity index (χ1) is 10.6. The Bertz CT molecular complexity index is 730. The molecule has 4 heteroatoms. The fourth-order valence-electron chi connectivity index (χ4n) is 2.81. The number of rotatable bonds is 4. The third-order valence-corrected chi connectivity index (χ3v) is 5.08. The summed E-state index contributed by atoms with van der Waals surface area (Å²) in [6, 6.07) is 7.68. The van der Waals surface area contributed by atoms with E-state index in [-0.39, 0.29) is 5.78 Å². The van der Waals surface area contributed by atoms with Crippen LogP contribution in [0, 0.1) is 6.92 Å². The molecule has 0 saturated heterocycles. The van der Waals surface area contributed by atoms with Gasteiger partial charge in [-0.1, -0.05) is 12.1 Å². The molecular weight excluding hydrogens is 296 g/mol. The predicted octanol–water partition coefficient (Wildman–Crippen LogP) is 3.97. The Morgan fingerprint density at radius 1 is 1.18 bits per heavy atom. The van der Waals surface area contributed by atoms with Crippen LogP contribution in [0.2, 0.25) is 0 Å². The highest BCUT2D eigenvalue weighted by Gasteiger charge is 2.23. The fraction of sp³-hybridized carbons (Fsp3) is 0.333. The second-order valence-electron chi connectivity index (χ2n) is 5.68. The third-order valence-electron chi connectivity index (χ3n) is 4.08. The molecule has 0 N–H and O–H groups in total. The molecule has 1 atom stereocenters. The minimum atomic E-state index is -0.770. The van der Waals surface area contributed by atoms with E-state index in [1.165, 1.54) is 22.5 Å². The number of thiophene rings is 1. The summed E-state index contributed by atoms with van der Waals surface area (Å²) in [5.41, 5.74) is 4.09. The number of hydrogen-bond donors (Lipinski definition) is 0. The highest BCUT2D eigenvalue weighted by molar-refractivity contribution is 7.12. The van der Waals surface area contributed by atoms with E-state index in [0.29, 0.717) is 10.4 Å². The molecule has 3 nitrogen and oxygen atoms in total. The zero-order chi connectivity index (χ0) is 15.7. The molecule has 0 bridgehead atoms. The molecule has 22 heavy (non-hydrogen) atoms. The van der Waals surface area contributed by atoms with E-state index in [1.54, 1.807) is 6.92 Å². The van der Waals surface area contributed by atoms with E-state index >= 15 is 0 Å². The van der Waals surface area contributed by atoms with Gasteiger partial charge in [-0.05, 0) is 67.3 Å². The van der Waals surface area contributed by atoms with Crippen LogP contribution in [0.3, 0.4) is 0 Å². The smallest absolute Gasteiger partial charge is 0.349 e. The molecule has 0 saturated carbocycles. The highest BCUT2D eigenvalue weighted by Crippen LogP contribution is 2.24. The summed E-state index contributed by atoms with van der Waals surface area (Å²) in [6.07, 6.45) is 2.49. The van der Waals surface area contributed by atoms with Gasteiger partial charge in [0.2, 0.25) is 5.78 Å². The lowest BCUT2D eigenvalue weighted by molar-refractivity contribution is 0.0323. The first-order valence-corrected chi connectivity index (χ1v) is 8.35. The van der Waals surface area contributed by atoms with Crippen molar-refractivity contribution in [2.45, 2.75) is 39.2 Å². The third kappa shape index (κ3) is 2.83. The number of hydrogen-bond acceptors (Lipinski definition) is 4. The zero-order valence-electron chi connectivity index (χ0n) is 12.7. The summed E-state index contributed by atoms with van der Waals surface area (Å²) in [7, 11) is 0. The average molecular weight is 314 g/mol. The van der Waals surface area contributed by atoms with Gasteiger partial charge in [-0.15, -0.1) is 11.3 Å². The number of esters is 1. The van der Waals surface area contributed by atoms with Crippen LogP contribution in [-0.2, 0) is 17.6 Å². The minimum Gasteiger partial charge on any atom is -0.450 e. The van der Waals surface area contributed by atoms with Crippen molar-refractivity contribution in [3.63, 3.8) is 0 Å². The molecule has 3 rings (SSSR count).